The van der Waals surface area contributed by atoms with Crippen LogP contribution < -0.4 is 15.4 Å². The fourth-order valence-electron chi connectivity index (χ4n) is 2.00. The van der Waals surface area contributed by atoms with Crippen molar-refractivity contribution in [2.75, 3.05) is 12.0 Å². The predicted octanol–water partition coefficient (Wildman–Crippen LogP) is 5.42. The minimum absolute atomic E-state index is 0.0459. The Hall–Kier alpha value is -1.62. The molecule has 0 bridgehead atoms. The lowest BCUT2D eigenvalue weighted by atomic mass is 10.1. The summed E-state index contributed by atoms with van der Waals surface area (Å²) in [5.41, 5.74) is 2.48. The summed E-state index contributed by atoms with van der Waals surface area (Å²) >= 11 is 17.9. The molecule has 0 aliphatic heterocycles. The maximum atomic E-state index is 11.9. The highest BCUT2D eigenvalue weighted by Crippen LogP contribution is 2.28. The van der Waals surface area contributed by atoms with Gasteiger partial charge in [0.1, 0.15) is 5.75 Å². The molecule has 23 heavy (non-hydrogen) atoms. The average molecular weight is 374 g/mol. The van der Waals surface area contributed by atoms with E-state index < -0.39 is 6.03 Å². The highest BCUT2D eigenvalue weighted by atomic mass is 35.5. The van der Waals surface area contributed by atoms with E-state index in [1.807, 2.05) is 19.9 Å². The Labute approximate surface area is 149 Å². The van der Waals surface area contributed by atoms with E-state index in [4.69, 9.17) is 39.5 Å². The van der Waals surface area contributed by atoms with Crippen LogP contribution in [0.2, 0.25) is 15.1 Å². The van der Waals surface area contributed by atoms with E-state index in [1.54, 1.807) is 24.3 Å². The van der Waals surface area contributed by atoms with Crippen LogP contribution in [0.15, 0.2) is 30.3 Å². The zero-order valence-corrected chi connectivity index (χ0v) is 14.8. The van der Waals surface area contributed by atoms with Crippen LogP contribution in [0.1, 0.15) is 11.1 Å². The molecule has 0 atom stereocenters. The Morgan fingerprint density at radius 1 is 1.09 bits per heavy atom. The van der Waals surface area contributed by atoms with Gasteiger partial charge in [-0.15, -0.1) is 0 Å². The summed E-state index contributed by atoms with van der Waals surface area (Å²) in [6.07, 6.45) is 0. The van der Waals surface area contributed by atoms with Crippen LogP contribution in [0.5, 0.6) is 5.75 Å². The molecule has 2 aromatic rings. The lowest BCUT2D eigenvalue weighted by Crippen LogP contribution is -2.32. The van der Waals surface area contributed by atoms with Gasteiger partial charge in [0, 0.05) is 5.02 Å². The highest BCUT2D eigenvalue weighted by molar-refractivity contribution is 6.35. The third kappa shape index (κ3) is 4.93. The molecule has 0 saturated heterocycles. The van der Waals surface area contributed by atoms with Gasteiger partial charge in [-0.25, -0.2) is 4.79 Å². The molecule has 4 nitrogen and oxygen atoms in total. The van der Waals surface area contributed by atoms with Gasteiger partial charge in [-0.1, -0.05) is 40.9 Å². The average Bonchev–Trinajstić information content (AvgIpc) is 2.45. The summed E-state index contributed by atoms with van der Waals surface area (Å²) in [5, 5.41) is 6.64. The molecule has 0 unspecified atom stereocenters. The summed E-state index contributed by atoms with van der Waals surface area (Å²) in [5.74, 6) is 0.431. The van der Waals surface area contributed by atoms with Crippen LogP contribution in [0, 0.1) is 13.8 Å². The van der Waals surface area contributed by atoms with Gasteiger partial charge in [0.15, 0.2) is 6.73 Å². The van der Waals surface area contributed by atoms with Crippen molar-refractivity contribution in [1.82, 2.24) is 5.32 Å². The van der Waals surface area contributed by atoms with E-state index in [0.29, 0.717) is 26.5 Å². The molecule has 7 heteroatoms. The number of carbonyl (C=O) groups is 1. The lowest BCUT2D eigenvalue weighted by molar-refractivity contribution is 0.234. The van der Waals surface area contributed by atoms with Crippen LogP contribution in [-0.4, -0.2) is 12.8 Å². The Balaban J connectivity index is 1.91. The third-order valence-corrected chi connectivity index (χ3v) is 3.85. The maximum Gasteiger partial charge on any atom is 0.321 e. The van der Waals surface area contributed by atoms with E-state index in [0.717, 1.165) is 11.1 Å². The number of hydrogen-bond donors (Lipinski definition) is 2. The molecule has 0 heterocycles. The largest absolute Gasteiger partial charge is 0.472 e. The van der Waals surface area contributed by atoms with Gasteiger partial charge < -0.3 is 15.4 Å². The van der Waals surface area contributed by atoms with Gasteiger partial charge in [0.05, 0.1) is 15.7 Å². The summed E-state index contributed by atoms with van der Waals surface area (Å²) in [6.45, 7) is 3.76. The van der Waals surface area contributed by atoms with Gasteiger partial charge >= 0.3 is 6.03 Å². The van der Waals surface area contributed by atoms with Crippen molar-refractivity contribution in [3.8, 4) is 5.75 Å². The van der Waals surface area contributed by atoms with Crippen molar-refractivity contribution in [2.45, 2.75) is 13.8 Å². The van der Waals surface area contributed by atoms with Gasteiger partial charge in [0.2, 0.25) is 0 Å². The zero-order chi connectivity index (χ0) is 17.0. The first kappa shape index (κ1) is 17.7. The van der Waals surface area contributed by atoms with Gasteiger partial charge in [-0.05, 0) is 49.2 Å². The zero-order valence-electron chi connectivity index (χ0n) is 12.5. The summed E-state index contributed by atoms with van der Waals surface area (Å²) in [4.78, 5) is 11.9. The van der Waals surface area contributed by atoms with E-state index in [9.17, 15) is 4.79 Å². The number of halogens is 3. The van der Waals surface area contributed by atoms with Crippen LogP contribution in [0.3, 0.4) is 0 Å². The van der Waals surface area contributed by atoms with Crippen molar-refractivity contribution in [2.24, 2.45) is 0 Å². The number of rotatable bonds is 4. The van der Waals surface area contributed by atoms with Crippen molar-refractivity contribution in [1.29, 1.82) is 0 Å². The quantitative estimate of drug-likeness (QED) is 0.703. The molecule has 0 aromatic heterocycles. The minimum atomic E-state index is -0.427. The fourth-order valence-corrected chi connectivity index (χ4v) is 2.83. The molecular weight excluding hydrogens is 359 g/mol. The second-order valence-corrected chi connectivity index (χ2v) is 6.18. The number of hydrogen-bond acceptors (Lipinski definition) is 2. The van der Waals surface area contributed by atoms with E-state index in [2.05, 4.69) is 10.6 Å². The normalized spacial score (nSPS) is 10.3. The number of amides is 2. The molecule has 0 aliphatic carbocycles. The van der Waals surface area contributed by atoms with E-state index >= 15 is 0 Å². The van der Waals surface area contributed by atoms with Gasteiger partial charge in [-0.2, -0.15) is 0 Å². The summed E-state index contributed by atoms with van der Waals surface area (Å²) in [7, 11) is 0. The van der Waals surface area contributed by atoms with Crippen molar-refractivity contribution < 1.29 is 9.53 Å². The number of anilines is 1. The molecule has 0 aliphatic rings. The SMILES string of the molecule is Cc1cc(C)c(NC(=O)NCOc2ccc(Cl)cc2Cl)c(Cl)c1. The predicted molar refractivity (Wildman–Crippen MR) is 95.0 cm³/mol. The number of aryl methyl sites for hydroxylation is 2. The molecule has 0 radical (unpaired) electrons. The number of ether oxygens (including phenoxy) is 1. The number of urea groups is 1. The molecule has 0 fully saturated rings. The van der Waals surface area contributed by atoms with Gasteiger partial charge in [-0.3, -0.25) is 0 Å². The summed E-state index contributed by atoms with van der Waals surface area (Å²) in [6, 6.07) is 8.14. The lowest BCUT2D eigenvalue weighted by Gasteiger charge is -2.13. The first-order chi connectivity index (χ1) is 10.9. The molecule has 122 valence electrons. The minimum Gasteiger partial charge on any atom is -0.472 e. The molecule has 2 N–H and O–H groups in total. The smallest absolute Gasteiger partial charge is 0.321 e. The van der Waals surface area contributed by atoms with E-state index in [-0.39, 0.29) is 6.73 Å². The fraction of sp³-hybridized carbons (Fsp3) is 0.188. The number of benzene rings is 2. The summed E-state index contributed by atoms with van der Waals surface area (Å²) < 4.78 is 5.38. The standard InChI is InChI=1S/C16H15Cl3N2O2/c1-9-5-10(2)15(13(19)6-9)21-16(22)20-8-23-14-4-3-11(17)7-12(14)18/h3-7H,8H2,1-2H3,(H2,20,21,22). The monoisotopic (exact) mass is 372 g/mol. The van der Waals surface area contributed by atoms with E-state index in [1.165, 1.54) is 0 Å². The van der Waals surface area contributed by atoms with Crippen molar-refractivity contribution >= 4 is 46.5 Å². The molecular formula is C16H15Cl3N2O2. The van der Waals surface area contributed by atoms with Crippen molar-refractivity contribution in [3.05, 3.63) is 56.5 Å². The topological polar surface area (TPSA) is 50.4 Å². The molecule has 2 aromatic carbocycles. The van der Waals surface area contributed by atoms with Crippen molar-refractivity contribution in [3.63, 3.8) is 0 Å². The Kier molecular flexibility index (Phi) is 5.99. The Morgan fingerprint density at radius 3 is 2.48 bits per heavy atom. The van der Waals surface area contributed by atoms with Crippen LogP contribution in [0.4, 0.5) is 10.5 Å². The molecule has 0 spiro atoms. The first-order valence-corrected chi connectivity index (χ1v) is 7.89. The van der Waals surface area contributed by atoms with Crippen LogP contribution in [0.25, 0.3) is 0 Å². The van der Waals surface area contributed by atoms with Crippen LogP contribution in [-0.2, 0) is 0 Å². The maximum absolute atomic E-state index is 11.9. The molecule has 0 saturated carbocycles. The van der Waals surface area contributed by atoms with Gasteiger partial charge in [0.25, 0.3) is 0 Å². The molecule has 2 amide bonds. The Morgan fingerprint density at radius 2 is 1.83 bits per heavy atom. The number of carbonyl (C=O) groups excluding carboxylic acids is 1. The van der Waals surface area contributed by atoms with Crippen LogP contribution >= 0.6 is 34.8 Å². The second kappa shape index (κ2) is 7.77. The molecule has 2 rings (SSSR count). The first-order valence-electron chi connectivity index (χ1n) is 6.76. The second-order valence-electron chi connectivity index (χ2n) is 4.93. The number of nitrogens with one attached hydrogen (secondary N) is 2. The highest BCUT2D eigenvalue weighted by Gasteiger charge is 2.09. The third-order valence-electron chi connectivity index (χ3n) is 3.02. The Bertz CT molecular complexity index is 712.